The summed E-state index contributed by atoms with van der Waals surface area (Å²) in [5.41, 5.74) is 11.0. The van der Waals surface area contributed by atoms with E-state index in [0.29, 0.717) is 25.8 Å². The zero-order valence-corrected chi connectivity index (χ0v) is 15.2. The molecule has 3 atom stereocenters. The molecule has 0 bridgehead atoms. The minimum atomic E-state index is -1.66. The number of aliphatic hydroxyl groups excluding tert-OH is 1. The molecule has 0 aromatic carbocycles. The van der Waals surface area contributed by atoms with Gasteiger partial charge >= 0.3 is 11.9 Å². The molecule has 0 saturated carbocycles. The Morgan fingerprint density at radius 2 is 1.57 bits per heavy atom. The number of unbranched alkanes of at least 4 members (excludes halogenated alkanes) is 1. The maximum atomic E-state index is 12.0. The Bertz CT molecular complexity index is 571. The Labute approximate surface area is 160 Å². The van der Waals surface area contributed by atoms with E-state index in [9.17, 15) is 24.0 Å². The van der Waals surface area contributed by atoms with Crippen molar-refractivity contribution >= 4 is 29.7 Å². The molecule has 0 aliphatic carbocycles. The van der Waals surface area contributed by atoms with Crippen molar-refractivity contribution in [3.63, 3.8) is 0 Å². The van der Waals surface area contributed by atoms with Crippen LogP contribution in [0.2, 0.25) is 0 Å². The zero-order chi connectivity index (χ0) is 21.7. The van der Waals surface area contributed by atoms with E-state index < -0.39 is 67.4 Å². The normalized spacial score (nSPS) is 13.7. The molecule has 0 aliphatic heterocycles. The summed E-state index contributed by atoms with van der Waals surface area (Å²) in [5.74, 6) is -5.55. The number of carbonyl (C=O) groups excluding carboxylic acids is 3. The van der Waals surface area contributed by atoms with Crippen LogP contribution < -0.4 is 27.4 Å². The van der Waals surface area contributed by atoms with Gasteiger partial charge in [0.25, 0.3) is 0 Å². The first kappa shape index (κ1) is 25.2. The van der Waals surface area contributed by atoms with Gasteiger partial charge < -0.3 is 42.7 Å². The van der Waals surface area contributed by atoms with E-state index in [-0.39, 0.29) is 0 Å². The van der Waals surface area contributed by atoms with Crippen LogP contribution in [0.3, 0.4) is 0 Å². The molecule has 0 saturated heterocycles. The van der Waals surface area contributed by atoms with E-state index >= 15 is 0 Å². The molecule has 0 heterocycles. The third-order valence-electron chi connectivity index (χ3n) is 3.56. The minimum absolute atomic E-state index is 0.367. The van der Waals surface area contributed by atoms with Crippen LogP contribution in [0, 0.1) is 0 Å². The summed E-state index contributed by atoms with van der Waals surface area (Å²) in [6, 6.07) is -4.11. The van der Waals surface area contributed by atoms with Crippen LogP contribution in [0.4, 0.5) is 0 Å². The van der Waals surface area contributed by atoms with Crippen molar-refractivity contribution in [1.29, 1.82) is 0 Å². The predicted octanol–water partition coefficient (Wildman–Crippen LogP) is -3.92. The lowest BCUT2D eigenvalue weighted by atomic mass is 10.1. The molecule has 0 aromatic rings. The number of nitrogens with two attached hydrogens (primary N) is 2. The number of amides is 3. The van der Waals surface area contributed by atoms with Crippen molar-refractivity contribution in [3.05, 3.63) is 0 Å². The van der Waals surface area contributed by atoms with E-state index in [2.05, 4.69) is 10.6 Å². The SMILES string of the molecule is NCCCCC(N)C(=O)NCC(=O)NC(CC(=O)O)C(=O)NC(CO)C(=O)O. The Morgan fingerprint density at radius 1 is 0.929 bits per heavy atom. The van der Waals surface area contributed by atoms with Crippen LogP contribution in [0.25, 0.3) is 0 Å². The molecular formula is C15H27N5O8. The molecule has 160 valence electrons. The smallest absolute Gasteiger partial charge is 0.328 e. The van der Waals surface area contributed by atoms with E-state index in [1.165, 1.54) is 0 Å². The summed E-state index contributed by atoms with van der Waals surface area (Å²) >= 11 is 0. The second-order valence-corrected chi connectivity index (χ2v) is 5.91. The summed E-state index contributed by atoms with van der Waals surface area (Å²) in [6.07, 6.45) is 0.862. The largest absolute Gasteiger partial charge is 0.481 e. The van der Waals surface area contributed by atoms with Gasteiger partial charge in [-0.25, -0.2) is 4.79 Å². The van der Waals surface area contributed by atoms with Gasteiger partial charge in [0.2, 0.25) is 17.7 Å². The van der Waals surface area contributed by atoms with Crippen LogP contribution in [0.15, 0.2) is 0 Å². The van der Waals surface area contributed by atoms with E-state index in [0.717, 1.165) is 0 Å². The van der Waals surface area contributed by atoms with Crippen LogP contribution in [0.5, 0.6) is 0 Å². The molecule has 0 spiro atoms. The van der Waals surface area contributed by atoms with Gasteiger partial charge in [0.05, 0.1) is 25.6 Å². The maximum absolute atomic E-state index is 12.0. The van der Waals surface area contributed by atoms with Gasteiger partial charge in [-0.3, -0.25) is 19.2 Å². The number of nitrogens with one attached hydrogen (secondary N) is 3. The third-order valence-corrected chi connectivity index (χ3v) is 3.56. The highest BCUT2D eigenvalue weighted by Crippen LogP contribution is 1.98. The summed E-state index contributed by atoms with van der Waals surface area (Å²) in [4.78, 5) is 57.4. The summed E-state index contributed by atoms with van der Waals surface area (Å²) < 4.78 is 0. The Balaban J connectivity index is 4.68. The molecule has 0 rings (SSSR count). The molecule has 0 aliphatic rings. The summed E-state index contributed by atoms with van der Waals surface area (Å²) in [5, 5.41) is 32.8. The summed E-state index contributed by atoms with van der Waals surface area (Å²) in [6.45, 7) is -1.02. The quantitative estimate of drug-likeness (QED) is 0.131. The van der Waals surface area contributed by atoms with Gasteiger partial charge in [-0.1, -0.05) is 6.42 Å². The first-order valence-corrected chi connectivity index (χ1v) is 8.50. The molecule has 28 heavy (non-hydrogen) atoms. The number of carbonyl (C=O) groups is 5. The highest BCUT2D eigenvalue weighted by molar-refractivity contribution is 5.94. The number of aliphatic carboxylic acids is 2. The van der Waals surface area contributed by atoms with Crippen LogP contribution >= 0.6 is 0 Å². The van der Waals surface area contributed by atoms with Crippen molar-refractivity contribution in [2.75, 3.05) is 19.7 Å². The number of rotatable bonds is 14. The average molecular weight is 405 g/mol. The average Bonchev–Trinajstić information content (AvgIpc) is 2.62. The monoisotopic (exact) mass is 405 g/mol. The van der Waals surface area contributed by atoms with Gasteiger partial charge in [-0.05, 0) is 19.4 Å². The van der Waals surface area contributed by atoms with Crippen molar-refractivity contribution in [2.24, 2.45) is 11.5 Å². The molecule has 3 amide bonds. The highest BCUT2D eigenvalue weighted by atomic mass is 16.4. The second kappa shape index (κ2) is 13.4. The van der Waals surface area contributed by atoms with Gasteiger partial charge in [0.15, 0.2) is 0 Å². The summed E-state index contributed by atoms with van der Waals surface area (Å²) in [7, 11) is 0. The first-order chi connectivity index (χ1) is 13.1. The van der Waals surface area contributed by atoms with Gasteiger partial charge in [-0.15, -0.1) is 0 Å². The Kier molecular flexibility index (Phi) is 12.1. The molecule has 13 nitrogen and oxygen atoms in total. The lowest BCUT2D eigenvalue weighted by Crippen LogP contribution is -2.55. The lowest BCUT2D eigenvalue weighted by Gasteiger charge is -2.19. The predicted molar refractivity (Wildman–Crippen MR) is 94.7 cm³/mol. The number of hydrogen-bond acceptors (Lipinski definition) is 8. The van der Waals surface area contributed by atoms with E-state index in [4.69, 9.17) is 26.8 Å². The first-order valence-electron chi connectivity index (χ1n) is 8.50. The maximum Gasteiger partial charge on any atom is 0.328 e. The van der Waals surface area contributed by atoms with Crippen LogP contribution in [0.1, 0.15) is 25.7 Å². The minimum Gasteiger partial charge on any atom is -0.481 e. The molecule has 0 fully saturated rings. The van der Waals surface area contributed by atoms with Crippen molar-refractivity contribution in [2.45, 2.75) is 43.8 Å². The number of carboxylic acids is 2. The topological polar surface area (TPSA) is 234 Å². The van der Waals surface area contributed by atoms with Crippen molar-refractivity contribution in [3.8, 4) is 0 Å². The second-order valence-electron chi connectivity index (χ2n) is 5.91. The lowest BCUT2D eigenvalue weighted by molar-refractivity contribution is -0.144. The highest BCUT2D eigenvalue weighted by Gasteiger charge is 2.28. The van der Waals surface area contributed by atoms with Crippen LogP contribution in [-0.2, 0) is 24.0 Å². The fourth-order valence-corrected chi connectivity index (χ4v) is 2.03. The van der Waals surface area contributed by atoms with Gasteiger partial charge in [-0.2, -0.15) is 0 Å². The third kappa shape index (κ3) is 10.4. The van der Waals surface area contributed by atoms with Crippen molar-refractivity contribution < 1.29 is 39.3 Å². The standard InChI is InChI=1S/C15H27N5O8/c16-4-2-1-3-8(17)13(25)18-6-11(22)19-9(5-12(23)24)14(26)20-10(7-21)15(27)28/h8-10,21H,1-7,16-17H2,(H,18,25)(H,19,22)(H,20,26)(H,23,24)(H,27,28). The number of carboxylic acid groups (broad SMARTS) is 2. The van der Waals surface area contributed by atoms with E-state index in [1.54, 1.807) is 0 Å². The number of hydrogen-bond donors (Lipinski definition) is 8. The van der Waals surface area contributed by atoms with E-state index in [1.807, 2.05) is 5.32 Å². The Hall–Kier alpha value is -2.77. The molecular weight excluding hydrogens is 378 g/mol. The van der Waals surface area contributed by atoms with Crippen molar-refractivity contribution in [1.82, 2.24) is 16.0 Å². The van der Waals surface area contributed by atoms with Gasteiger partial charge in [0.1, 0.15) is 12.1 Å². The Morgan fingerprint density at radius 3 is 2.07 bits per heavy atom. The molecule has 13 heteroatoms. The fourth-order valence-electron chi connectivity index (χ4n) is 2.03. The fraction of sp³-hybridized carbons (Fsp3) is 0.667. The molecule has 0 radical (unpaired) electrons. The van der Waals surface area contributed by atoms with Gasteiger partial charge in [0, 0.05) is 0 Å². The molecule has 10 N–H and O–H groups in total. The van der Waals surface area contributed by atoms with Crippen LogP contribution in [-0.4, -0.2) is 82.8 Å². The molecule has 0 aromatic heterocycles. The molecule has 3 unspecified atom stereocenters. The zero-order valence-electron chi connectivity index (χ0n) is 15.2. The number of aliphatic hydroxyl groups is 1.